The van der Waals surface area contributed by atoms with Crippen molar-refractivity contribution in [2.24, 2.45) is 0 Å². The maximum absolute atomic E-state index is 12.0. The first-order chi connectivity index (χ1) is 8.98. The van der Waals surface area contributed by atoms with Crippen LogP contribution in [0.3, 0.4) is 0 Å². The van der Waals surface area contributed by atoms with Crippen LogP contribution in [0.5, 0.6) is 5.88 Å². The molecule has 8 heteroatoms. The molecule has 1 aromatic heterocycles. The number of carbonyl (C=O) groups excluding carboxylic acids is 1. The molecule has 112 valence electrons. The highest BCUT2D eigenvalue weighted by atomic mass is 35.5. The normalized spacial score (nSPS) is 12.2. The second kappa shape index (κ2) is 5.87. The largest absolute Gasteiger partial charge is 0.467 e. The van der Waals surface area contributed by atoms with Crippen LogP contribution in [-0.4, -0.2) is 29.2 Å². The molecular formula is C12H14ClF3N2O2. The van der Waals surface area contributed by atoms with E-state index in [-0.39, 0.29) is 16.5 Å². The van der Waals surface area contributed by atoms with Crippen LogP contribution in [0.2, 0.25) is 5.02 Å². The van der Waals surface area contributed by atoms with Gasteiger partial charge in [-0.05, 0) is 26.8 Å². The Labute approximate surface area is 119 Å². The van der Waals surface area contributed by atoms with Gasteiger partial charge in [-0.1, -0.05) is 11.6 Å². The van der Waals surface area contributed by atoms with E-state index in [9.17, 15) is 18.0 Å². The highest BCUT2D eigenvalue weighted by Crippen LogP contribution is 2.25. The van der Waals surface area contributed by atoms with E-state index in [0.717, 1.165) is 6.20 Å². The van der Waals surface area contributed by atoms with Gasteiger partial charge in [0.05, 0.1) is 5.56 Å². The van der Waals surface area contributed by atoms with Gasteiger partial charge in [0.1, 0.15) is 5.02 Å². The zero-order valence-electron chi connectivity index (χ0n) is 11.1. The third kappa shape index (κ3) is 5.64. The van der Waals surface area contributed by atoms with Crippen LogP contribution in [0.4, 0.5) is 13.2 Å². The van der Waals surface area contributed by atoms with Gasteiger partial charge in [-0.25, -0.2) is 4.98 Å². The zero-order chi connectivity index (χ0) is 15.6. The van der Waals surface area contributed by atoms with Crippen LogP contribution in [0.1, 0.15) is 31.1 Å². The molecule has 0 bridgehead atoms. The van der Waals surface area contributed by atoms with Gasteiger partial charge in [-0.2, -0.15) is 13.2 Å². The SMILES string of the molecule is CC(C)(C)NC(=O)c1cnc(OCC(F)(F)F)c(Cl)c1. The molecule has 0 aliphatic heterocycles. The second-order valence-electron chi connectivity index (χ2n) is 5.12. The van der Waals surface area contributed by atoms with Crippen molar-refractivity contribution >= 4 is 17.5 Å². The number of nitrogens with zero attached hydrogens (tertiary/aromatic N) is 1. The Kier molecular flexibility index (Phi) is 4.86. The van der Waals surface area contributed by atoms with E-state index in [1.165, 1.54) is 6.07 Å². The molecule has 0 aliphatic rings. The summed E-state index contributed by atoms with van der Waals surface area (Å²) in [7, 11) is 0. The second-order valence-corrected chi connectivity index (χ2v) is 5.53. The molecule has 0 saturated heterocycles. The summed E-state index contributed by atoms with van der Waals surface area (Å²) in [4.78, 5) is 15.4. The molecule has 20 heavy (non-hydrogen) atoms. The minimum absolute atomic E-state index is 0.143. The van der Waals surface area contributed by atoms with Crippen molar-refractivity contribution < 1.29 is 22.7 Å². The van der Waals surface area contributed by atoms with Gasteiger partial charge in [0.2, 0.25) is 5.88 Å². The molecule has 1 N–H and O–H groups in total. The fraction of sp³-hybridized carbons (Fsp3) is 0.500. The van der Waals surface area contributed by atoms with E-state index in [2.05, 4.69) is 15.0 Å². The number of aromatic nitrogens is 1. The molecule has 0 atom stereocenters. The molecule has 0 aromatic carbocycles. The maximum atomic E-state index is 12.0. The maximum Gasteiger partial charge on any atom is 0.422 e. The molecule has 0 unspecified atom stereocenters. The van der Waals surface area contributed by atoms with Crippen LogP contribution in [0.25, 0.3) is 0 Å². The van der Waals surface area contributed by atoms with Crippen molar-refractivity contribution in [2.75, 3.05) is 6.61 Å². The number of hydrogen-bond donors (Lipinski definition) is 1. The standard InChI is InChI=1S/C12H14ClF3N2O2/c1-11(2,3)18-9(19)7-4-8(13)10(17-5-7)20-6-12(14,15)16/h4-5H,6H2,1-3H3,(H,18,19). The van der Waals surface area contributed by atoms with E-state index in [1.54, 1.807) is 20.8 Å². The average Bonchev–Trinajstić information content (AvgIpc) is 2.23. The minimum Gasteiger partial charge on any atom is -0.467 e. The number of carbonyl (C=O) groups is 1. The van der Waals surface area contributed by atoms with Crippen molar-refractivity contribution in [3.05, 3.63) is 22.8 Å². The van der Waals surface area contributed by atoms with Crippen LogP contribution >= 0.6 is 11.6 Å². The molecule has 0 fully saturated rings. The number of alkyl halides is 3. The first-order valence-corrected chi connectivity index (χ1v) is 6.03. The molecular weight excluding hydrogens is 297 g/mol. The number of hydrogen-bond acceptors (Lipinski definition) is 3. The van der Waals surface area contributed by atoms with E-state index in [0.29, 0.717) is 0 Å². The molecule has 0 spiro atoms. The van der Waals surface area contributed by atoms with Gasteiger partial charge in [0.25, 0.3) is 5.91 Å². The third-order valence-electron chi connectivity index (χ3n) is 1.93. The van der Waals surface area contributed by atoms with Gasteiger partial charge in [0, 0.05) is 11.7 Å². The van der Waals surface area contributed by atoms with Gasteiger partial charge in [0.15, 0.2) is 6.61 Å². The van der Waals surface area contributed by atoms with Crippen LogP contribution in [0, 0.1) is 0 Å². The Morgan fingerprint density at radius 3 is 2.45 bits per heavy atom. The highest BCUT2D eigenvalue weighted by Gasteiger charge is 2.29. The lowest BCUT2D eigenvalue weighted by Crippen LogP contribution is -2.40. The Morgan fingerprint density at radius 1 is 1.40 bits per heavy atom. The fourth-order valence-corrected chi connectivity index (χ4v) is 1.44. The summed E-state index contributed by atoms with van der Waals surface area (Å²) in [6.45, 7) is 3.88. The zero-order valence-corrected chi connectivity index (χ0v) is 11.9. The van der Waals surface area contributed by atoms with E-state index in [1.807, 2.05) is 0 Å². The molecule has 0 aliphatic carbocycles. The third-order valence-corrected chi connectivity index (χ3v) is 2.20. The topological polar surface area (TPSA) is 51.2 Å². The predicted octanol–water partition coefficient (Wildman–Crippen LogP) is 3.20. The number of nitrogens with one attached hydrogen (secondary N) is 1. The number of halogens is 4. The molecule has 0 radical (unpaired) electrons. The first kappa shape index (κ1) is 16.6. The number of ether oxygens (including phenoxy) is 1. The van der Waals surface area contributed by atoms with Gasteiger partial charge >= 0.3 is 6.18 Å². The van der Waals surface area contributed by atoms with Crippen molar-refractivity contribution in [2.45, 2.75) is 32.5 Å². The summed E-state index contributed by atoms with van der Waals surface area (Å²) in [6, 6.07) is 1.21. The molecule has 4 nitrogen and oxygen atoms in total. The Hall–Kier alpha value is -1.50. The molecule has 0 saturated carbocycles. The van der Waals surface area contributed by atoms with E-state index < -0.39 is 24.2 Å². The molecule has 1 heterocycles. The lowest BCUT2D eigenvalue weighted by molar-refractivity contribution is -0.154. The minimum atomic E-state index is -4.48. The molecule has 1 rings (SSSR count). The Bertz CT molecular complexity index is 498. The van der Waals surface area contributed by atoms with Crippen LogP contribution in [-0.2, 0) is 0 Å². The van der Waals surface area contributed by atoms with Gasteiger partial charge in [-0.15, -0.1) is 0 Å². The Morgan fingerprint density at radius 2 is 2.00 bits per heavy atom. The van der Waals surface area contributed by atoms with E-state index in [4.69, 9.17) is 11.6 Å². The van der Waals surface area contributed by atoms with Crippen LogP contribution in [0.15, 0.2) is 12.3 Å². The van der Waals surface area contributed by atoms with Gasteiger partial charge in [-0.3, -0.25) is 4.79 Å². The fourth-order valence-electron chi connectivity index (χ4n) is 1.22. The summed E-state index contributed by atoms with van der Waals surface area (Å²) in [5.41, 5.74) is -0.307. The van der Waals surface area contributed by atoms with Crippen molar-refractivity contribution in [1.29, 1.82) is 0 Å². The summed E-state index contributed by atoms with van der Waals surface area (Å²) >= 11 is 5.74. The summed E-state index contributed by atoms with van der Waals surface area (Å²) in [5, 5.41) is 2.52. The summed E-state index contributed by atoms with van der Waals surface area (Å²) in [6.07, 6.45) is -3.37. The number of amides is 1. The predicted molar refractivity (Wildman–Crippen MR) is 68.0 cm³/mol. The summed E-state index contributed by atoms with van der Waals surface area (Å²) < 4.78 is 40.5. The van der Waals surface area contributed by atoms with E-state index >= 15 is 0 Å². The Balaban J connectivity index is 2.80. The first-order valence-electron chi connectivity index (χ1n) is 5.65. The lowest BCUT2D eigenvalue weighted by Gasteiger charge is -2.20. The molecule has 1 aromatic rings. The number of pyridine rings is 1. The smallest absolute Gasteiger partial charge is 0.422 e. The monoisotopic (exact) mass is 310 g/mol. The van der Waals surface area contributed by atoms with Crippen molar-refractivity contribution in [3.8, 4) is 5.88 Å². The van der Waals surface area contributed by atoms with Crippen molar-refractivity contribution in [1.82, 2.24) is 10.3 Å². The van der Waals surface area contributed by atoms with Crippen molar-refractivity contribution in [3.63, 3.8) is 0 Å². The number of rotatable bonds is 3. The van der Waals surface area contributed by atoms with Gasteiger partial charge < -0.3 is 10.1 Å². The van der Waals surface area contributed by atoms with Crippen LogP contribution < -0.4 is 10.1 Å². The highest BCUT2D eigenvalue weighted by molar-refractivity contribution is 6.32. The summed E-state index contributed by atoms with van der Waals surface area (Å²) in [5.74, 6) is -0.787. The quantitative estimate of drug-likeness (QED) is 0.932. The lowest BCUT2D eigenvalue weighted by atomic mass is 10.1. The average molecular weight is 311 g/mol. The molecule has 1 amide bonds.